The molecular formula is C14H14N5S+. The van der Waals surface area contributed by atoms with Crippen LogP contribution in [-0.4, -0.2) is 15.1 Å². The van der Waals surface area contributed by atoms with Crippen molar-refractivity contribution in [3.63, 3.8) is 0 Å². The molecule has 100 valence electrons. The van der Waals surface area contributed by atoms with Crippen molar-refractivity contribution in [1.82, 2.24) is 15.1 Å². The first-order valence-corrected chi connectivity index (χ1v) is 7.09. The van der Waals surface area contributed by atoms with Gasteiger partial charge < -0.3 is 5.73 Å². The first-order valence-electron chi connectivity index (χ1n) is 6.21. The van der Waals surface area contributed by atoms with Crippen molar-refractivity contribution < 1.29 is 4.68 Å². The van der Waals surface area contributed by atoms with Gasteiger partial charge in [-0.25, -0.2) is 9.97 Å². The van der Waals surface area contributed by atoms with Crippen LogP contribution >= 0.6 is 11.3 Å². The van der Waals surface area contributed by atoms with Crippen molar-refractivity contribution in [2.45, 2.75) is 13.5 Å². The Morgan fingerprint density at radius 3 is 2.80 bits per heavy atom. The van der Waals surface area contributed by atoms with Gasteiger partial charge >= 0.3 is 0 Å². The van der Waals surface area contributed by atoms with E-state index in [1.807, 2.05) is 47.4 Å². The minimum atomic E-state index is 0.513. The van der Waals surface area contributed by atoms with Crippen LogP contribution in [0.2, 0.25) is 0 Å². The van der Waals surface area contributed by atoms with Gasteiger partial charge in [-0.05, 0) is 18.3 Å². The van der Waals surface area contributed by atoms with Gasteiger partial charge in [-0.2, -0.15) is 0 Å². The summed E-state index contributed by atoms with van der Waals surface area (Å²) in [4.78, 5) is 8.34. The predicted octanol–water partition coefficient (Wildman–Crippen LogP) is 1.83. The maximum Gasteiger partial charge on any atom is 0.253 e. The van der Waals surface area contributed by atoms with Gasteiger partial charge in [0.25, 0.3) is 5.51 Å². The fourth-order valence-corrected chi connectivity index (χ4v) is 2.63. The molecule has 1 aromatic carbocycles. The molecule has 0 fully saturated rings. The van der Waals surface area contributed by atoms with Gasteiger partial charge in [-0.15, -0.1) is 0 Å². The Balaban J connectivity index is 1.84. The van der Waals surface area contributed by atoms with Crippen molar-refractivity contribution in [3.05, 3.63) is 53.4 Å². The molecule has 2 aromatic heterocycles. The first-order chi connectivity index (χ1) is 9.72. The van der Waals surface area contributed by atoms with E-state index in [1.165, 1.54) is 0 Å². The molecule has 0 amide bonds. The van der Waals surface area contributed by atoms with Crippen LogP contribution in [0.25, 0.3) is 10.6 Å². The third kappa shape index (κ3) is 2.65. The van der Waals surface area contributed by atoms with Gasteiger partial charge in [0, 0.05) is 16.9 Å². The van der Waals surface area contributed by atoms with E-state index in [2.05, 4.69) is 15.1 Å². The minimum Gasteiger partial charge on any atom is -0.383 e. The molecule has 0 radical (unpaired) electrons. The van der Waals surface area contributed by atoms with Crippen LogP contribution in [0.15, 0.2) is 42.0 Å². The van der Waals surface area contributed by atoms with Crippen molar-refractivity contribution in [2.75, 3.05) is 5.73 Å². The number of nitrogens with two attached hydrogens (primary N) is 1. The number of rotatable bonds is 3. The van der Waals surface area contributed by atoms with Gasteiger partial charge in [0.15, 0.2) is 5.01 Å². The molecule has 0 atom stereocenters. The number of hydrogen-bond acceptors (Lipinski definition) is 5. The van der Waals surface area contributed by atoms with Gasteiger partial charge in [0.05, 0.1) is 5.56 Å². The lowest BCUT2D eigenvalue weighted by Crippen LogP contribution is -2.35. The Kier molecular flexibility index (Phi) is 3.39. The van der Waals surface area contributed by atoms with E-state index in [9.17, 15) is 0 Å². The molecule has 0 bridgehead atoms. The van der Waals surface area contributed by atoms with E-state index < -0.39 is 0 Å². The largest absolute Gasteiger partial charge is 0.383 e. The van der Waals surface area contributed by atoms with Crippen molar-refractivity contribution in [3.8, 4) is 10.6 Å². The van der Waals surface area contributed by atoms with Gasteiger partial charge in [-0.3, -0.25) is 0 Å². The standard InChI is InChI=1S/C14H14N5S/c1-10-16-7-12(13(15)17-10)8-19-9-20-14(18-19)11-5-3-2-4-6-11/h2-7,9H,8H2,1H3,(H2,15,16,17)/q+1. The summed E-state index contributed by atoms with van der Waals surface area (Å²) in [5.41, 5.74) is 9.87. The molecule has 6 heteroatoms. The van der Waals surface area contributed by atoms with E-state index in [0.717, 1.165) is 16.1 Å². The second kappa shape index (κ2) is 5.34. The molecule has 0 aliphatic heterocycles. The van der Waals surface area contributed by atoms with Crippen LogP contribution < -0.4 is 10.4 Å². The number of aryl methyl sites for hydroxylation is 1. The molecule has 3 rings (SSSR count). The van der Waals surface area contributed by atoms with Crippen LogP contribution in [0, 0.1) is 6.92 Å². The lowest BCUT2D eigenvalue weighted by atomic mass is 10.2. The smallest absolute Gasteiger partial charge is 0.253 e. The van der Waals surface area contributed by atoms with Crippen LogP contribution in [0.1, 0.15) is 11.4 Å². The first kappa shape index (κ1) is 12.7. The van der Waals surface area contributed by atoms with Crippen molar-refractivity contribution in [1.29, 1.82) is 0 Å². The average Bonchev–Trinajstić information content (AvgIpc) is 2.92. The number of nitrogen functional groups attached to an aromatic ring is 1. The molecule has 2 heterocycles. The monoisotopic (exact) mass is 284 g/mol. The molecule has 0 saturated heterocycles. The molecule has 3 aromatic rings. The summed E-state index contributed by atoms with van der Waals surface area (Å²) in [6.07, 6.45) is 1.76. The number of hydrogen-bond donors (Lipinski definition) is 1. The molecule has 0 aliphatic rings. The van der Waals surface area contributed by atoms with E-state index in [-0.39, 0.29) is 0 Å². The fraction of sp³-hybridized carbons (Fsp3) is 0.143. The zero-order valence-corrected chi connectivity index (χ0v) is 11.8. The van der Waals surface area contributed by atoms with E-state index in [0.29, 0.717) is 18.2 Å². The topological polar surface area (TPSA) is 68.6 Å². The average molecular weight is 284 g/mol. The molecule has 20 heavy (non-hydrogen) atoms. The molecule has 0 aliphatic carbocycles. The summed E-state index contributed by atoms with van der Waals surface area (Å²) < 4.78 is 1.86. The number of benzene rings is 1. The third-order valence-electron chi connectivity index (χ3n) is 2.88. The number of anilines is 1. The Labute approximate surface area is 120 Å². The quantitative estimate of drug-likeness (QED) is 0.745. The molecule has 0 spiro atoms. The lowest BCUT2D eigenvalue weighted by molar-refractivity contribution is -0.740. The highest BCUT2D eigenvalue weighted by Gasteiger charge is 2.14. The Hall–Kier alpha value is -2.34. The summed E-state index contributed by atoms with van der Waals surface area (Å²) in [6, 6.07) is 10.1. The predicted molar refractivity (Wildman–Crippen MR) is 78.0 cm³/mol. The Morgan fingerprint density at radius 2 is 2.05 bits per heavy atom. The molecule has 0 unspecified atom stereocenters. The lowest BCUT2D eigenvalue weighted by Gasteiger charge is -1.99. The van der Waals surface area contributed by atoms with Gasteiger partial charge in [0.2, 0.25) is 6.54 Å². The highest BCUT2D eigenvalue weighted by Crippen LogP contribution is 2.19. The van der Waals surface area contributed by atoms with Gasteiger partial charge in [0.1, 0.15) is 11.6 Å². The maximum atomic E-state index is 5.90. The second-order valence-electron chi connectivity index (χ2n) is 4.42. The summed E-state index contributed by atoms with van der Waals surface area (Å²) in [6.45, 7) is 2.40. The Morgan fingerprint density at radius 1 is 1.25 bits per heavy atom. The van der Waals surface area contributed by atoms with Crippen LogP contribution in [-0.2, 0) is 6.54 Å². The summed E-state index contributed by atoms with van der Waals surface area (Å²) in [7, 11) is 0. The highest BCUT2D eigenvalue weighted by molar-refractivity contribution is 7.12. The summed E-state index contributed by atoms with van der Waals surface area (Å²) in [5.74, 6) is 1.19. The number of nitrogens with zero attached hydrogens (tertiary/aromatic N) is 4. The SMILES string of the molecule is Cc1ncc(C[n+]2csc(-c3ccccc3)n2)c(N)n1. The zero-order valence-electron chi connectivity index (χ0n) is 11.0. The van der Waals surface area contributed by atoms with E-state index in [4.69, 9.17) is 5.73 Å². The van der Waals surface area contributed by atoms with E-state index >= 15 is 0 Å². The van der Waals surface area contributed by atoms with Crippen molar-refractivity contribution >= 4 is 17.2 Å². The van der Waals surface area contributed by atoms with E-state index in [1.54, 1.807) is 17.5 Å². The summed E-state index contributed by atoms with van der Waals surface area (Å²) in [5, 5.41) is 5.55. The Bertz CT molecular complexity index is 723. The number of aromatic nitrogens is 4. The maximum absolute atomic E-state index is 5.90. The third-order valence-corrected chi connectivity index (χ3v) is 3.77. The molecular weight excluding hydrogens is 270 g/mol. The van der Waals surface area contributed by atoms with Crippen LogP contribution in [0.5, 0.6) is 0 Å². The van der Waals surface area contributed by atoms with Gasteiger partial charge in [-0.1, -0.05) is 35.0 Å². The van der Waals surface area contributed by atoms with Crippen LogP contribution in [0.3, 0.4) is 0 Å². The molecule has 5 nitrogen and oxygen atoms in total. The minimum absolute atomic E-state index is 0.513. The molecule has 0 saturated carbocycles. The zero-order chi connectivity index (χ0) is 13.9. The normalized spacial score (nSPS) is 10.7. The second-order valence-corrected chi connectivity index (χ2v) is 5.25. The van der Waals surface area contributed by atoms with Crippen LogP contribution in [0.4, 0.5) is 5.82 Å². The fourth-order valence-electron chi connectivity index (χ4n) is 1.86. The highest BCUT2D eigenvalue weighted by atomic mass is 32.1. The molecule has 2 N–H and O–H groups in total. The van der Waals surface area contributed by atoms with Crippen molar-refractivity contribution in [2.24, 2.45) is 0 Å². The summed E-state index contributed by atoms with van der Waals surface area (Å²) >= 11 is 1.60.